The van der Waals surface area contributed by atoms with Crippen molar-refractivity contribution in [1.82, 2.24) is 0 Å². The van der Waals surface area contributed by atoms with Crippen molar-refractivity contribution < 1.29 is 4.74 Å². The van der Waals surface area contributed by atoms with Crippen LogP contribution in [0.3, 0.4) is 0 Å². The van der Waals surface area contributed by atoms with E-state index >= 15 is 0 Å². The molecule has 0 bridgehead atoms. The topological polar surface area (TPSA) is 9.23 Å². The van der Waals surface area contributed by atoms with Gasteiger partial charge >= 0.3 is 0 Å². The van der Waals surface area contributed by atoms with Gasteiger partial charge in [-0.2, -0.15) is 0 Å². The number of alkyl halides is 2. The number of hydrogen-bond acceptors (Lipinski definition) is 1. The number of hydrogen-bond donors (Lipinski definition) is 0. The lowest BCUT2D eigenvalue weighted by atomic mass is 9.78. The van der Waals surface area contributed by atoms with Crippen LogP contribution in [0.25, 0.3) is 0 Å². The van der Waals surface area contributed by atoms with E-state index < -0.39 is 0 Å². The predicted molar refractivity (Wildman–Crippen MR) is 87.1 cm³/mol. The Kier molecular flexibility index (Phi) is 5.05. The lowest BCUT2D eigenvalue weighted by molar-refractivity contribution is -0.0250. The fourth-order valence-corrected chi connectivity index (χ4v) is 3.79. The van der Waals surface area contributed by atoms with Crippen molar-refractivity contribution in [3.05, 3.63) is 35.4 Å². The van der Waals surface area contributed by atoms with E-state index in [9.17, 15) is 0 Å². The lowest BCUT2D eigenvalue weighted by Crippen LogP contribution is -2.35. The number of ether oxygens (including phenoxy) is 1. The molecule has 0 saturated carbocycles. The van der Waals surface area contributed by atoms with Crippen LogP contribution in [-0.4, -0.2) is 23.5 Å². The van der Waals surface area contributed by atoms with Crippen molar-refractivity contribution in [1.29, 1.82) is 0 Å². The summed E-state index contributed by atoms with van der Waals surface area (Å²) in [6, 6.07) is 8.56. The van der Waals surface area contributed by atoms with Gasteiger partial charge in [-0.15, -0.1) is 23.2 Å². The summed E-state index contributed by atoms with van der Waals surface area (Å²) >= 11 is 12.6. The molecule has 0 aromatic heterocycles. The molecule has 20 heavy (non-hydrogen) atoms. The van der Waals surface area contributed by atoms with Crippen LogP contribution in [0.4, 0.5) is 0 Å². The molecule has 3 heteroatoms. The molecule has 1 aliphatic rings. The molecule has 1 nitrogen and oxygen atoms in total. The van der Waals surface area contributed by atoms with Crippen molar-refractivity contribution in [3.63, 3.8) is 0 Å². The molecule has 1 saturated heterocycles. The Labute approximate surface area is 132 Å². The van der Waals surface area contributed by atoms with E-state index in [-0.39, 0.29) is 17.1 Å². The van der Waals surface area contributed by atoms with Crippen molar-refractivity contribution in [2.75, 3.05) is 11.8 Å². The van der Waals surface area contributed by atoms with E-state index in [1.807, 2.05) is 0 Å². The standard InChI is InChI=1S/C17H24Cl2O/c1-13-4-6-14(7-5-13)17(11-18,12-19)10-15-8-9-16(2,3)20-15/h4-7,15H,8-12H2,1-3H3. The maximum atomic E-state index is 6.31. The number of aryl methyl sites for hydroxylation is 1. The maximum Gasteiger partial charge on any atom is 0.0631 e. The van der Waals surface area contributed by atoms with Crippen LogP contribution in [0, 0.1) is 6.92 Å². The number of benzene rings is 1. The Morgan fingerprint density at radius 2 is 1.80 bits per heavy atom. The maximum absolute atomic E-state index is 6.31. The largest absolute Gasteiger partial charge is 0.372 e. The average Bonchev–Trinajstić information content (AvgIpc) is 2.76. The van der Waals surface area contributed by atoms with Gasteiger partial charge in [0.25, 0.3) is 0 Å². The second kappa shape index (κ2) is 6.25. The minimum atomic E-state index is -0.193. The van der Waals surface area contributed by atoms with Crippen LogP contribution in [0.2, 0.25) is 0 Å². The quantitative estimate of drug-likeness (QED) is 0.690. The first kappa shape index (κ1) is 16.1. The van der Waals surface area contributed by atoms with E-state index in [0.29, 0.717) is 11.8 Å². The molecular weight excluding hydrogens is 291 g/mol. The summed E-state index contributed by atoms with van der Waals surface area (Å²) in [7, 11) is 0. The summed E-state index contributed by atoms with van der Waals surface area (Å²) in [6.07, 6.45) is 3.34. The Balaban J connectivity index is 2.19. The minimum absolute atomic E-state index is 0.0116. The van der Waals surface area contributed by atoms with Crippen LogP contribution in [0.5, 0.6) is 0 Å². The van der Waals surface area contributed by atoms with Crippen molar-refractivity contribution in [2.45, 2.75) is 57.2 Å². The van der Waals surface area contributed by atoms with Crippen LogP contribution >= 0.6 is 23.2 Å². The molecule has 0 aliphatic carbocycles. The zero-order valence-electron chi connectivity index (χ0n) is 12.6. The first-order valence-corrected chi connectivity index (χ1v) is 8.35. The van der Waals surface area contributed by atoms with Gasteiger partial charge < -0.3 is 4.74 Å². The fraction of sp³-hybridized carbons (Fsp3) is 0.647. The van der Waals surface area contributed by atoms with Crippen LogP contribution < -0.4 is 0 Å². The Morgan fingerprint density at radius 3 is 2.25 bits per heavy atom. The van der Waals surface area contributed by atoms with Crippen molar-refractivity contribution >= 4 is 23.2 Å². The molecular formula is C17H24Cl2O. The summed E-state index contributed by atoms with van der Waals surface area (Å²) in [5.74, 6) is 1.06. The molecule has 1 unspecified atom stereocenters. The van der Waals surface area contributed by atoms with Gasteiger partial charge in [-0.3, -0.25) is 0 Å². The number of rotatable bonds is 5. The zero-order valence-corrected chi connectivity index (χ0v) is 14.1. The zero-order chi connectivity index (χ0) is 14.8. The monoisotopic (exact) mass is 314 g/mol. The van der Waals surface area contributed by atoms with Gasteiger partial charge in [0.2, 0.25) is 0 Å². The van der Waals surface area contributed by atoms with Gasteiger partial charge in [0.05, 0.1) is 11.7 Å². The average molecular weight is 315 g/mol. The predicted octanol–water partition coefficient (Wildman–Crippen LogP) is 5.06. The highest BCUT2D eigenvalue weighted by molar-refractivity contribution is 6.22. The van der Waals surface area contributed by atoms with E-state index in [2.05, 4.69) is 45.0 Å². The second-order valence-corrected chi connectivity index (χ2v) is 7.19. The van der Waals surface area contributed by atoms with Gasteiger partial charge in [0.1, 0.15) is 0 Å². The third-order valence-electron chi connectivity index (χ3n) is 4.35. The Morgan fingerprint density at radius 1 is 1.20 bits per heavy atom. The second-order valence-electron chi connectivity index (χ2n) is 6.66. The van der Waals surface area contributed by atoms with Crippen molar-refractivity contribution in [3.8, 4) is 0 Å². The molecule has 2 rings (SSSR count). The fourth-order valence-electron chi connectivity index (χ4n) is 2.98. The highest BCUT2D eigenvalue weighted by Crippen LogP contribution is 2.39. The first-order chi connectivity index (χ1) is 9.41. The van der Waals surface area contributed by atoms with Crippen LogP contribution in [0.15, 0.2) is 24.3 Å². The molecule has 1 heterocycles. The van der Waals surface area contributed by atoms with E-state index in [1.54, 1.807) is 0 Å². The summed E-state index contributed by atoms with van der Waals surface area (Å²) in [5.41, 5.74) is 2.27. The van der Waals surface area contributed by atoms with Crippen LogP contribution in [0.1, 0.15) is 44.2 Å². The van der Waals surface area contributed by atoms with E-state index in [0.717, 1.165) is 19.3 Å². The van der Waals surface area contributed by atoms with Gasteiger partial charge in [0, 0.05) is 17.2 Å². The first-order valence-electron chi connectivity index (χ1n) is 7.28. The molecule has 1 fully saturated rings. The van der Waals surface area contributed by atoms with Gasteiger partial charge in [-0.25, -0.2) is 0 Å². The molecule has 1 aliphatic heterocycles. The molecule has 1 atom stereocenters. The molecule has 0 radical (unpaired) electrons. The SMILES string of the molecule is Cc1ccc(C(CCl)(CCl)CC2CCC(C)(C)O2)cc1. The molecule has 0 amide bonds. The molecule has 1 aromatic rings. The molecule has 1 aromatic carbocycles. The third-order valence-corrected chi connectivity index (χ3v) is 5.37. The lowest BCUT2D eigenvalue weighted by Gasteiger charge is -2.33. The van der Waals surface area contributed by atoms with Gasteiger partial charge in [-0.05, 0) is 45.6 Å². The molecule has 0 spiro atoms. The summed E-state index contributed by atoms with van der Waals surface area (Å²) in [4.78, 5) is 0. The normalized spacial score (nSPS) is 22.1. The Hall–Kier alpha value is -0.240. The van der Waals surface area contributed by atoms with Gasteiger partial charge in [0.15, 0.2) is 0 Å². The number of halogens is 2. The summed E-state index contributed by atoms with van der Waals surface area (Å²) in [6.45, 7) is 6.40. The molecule has 0 N–H and O–H groups in total. The minimum Gasteiger partial charge on any atom is -0.372 e. The van der Waals surface area contributed by atoms with Crippen LogP contribution in [-0.2, 0) is 10.2 Å². The third kappa shape index (κ3) is 3.50. The van der Waals surface area contributed by atoms with Gasteiger partial charge in [-0.1, -0.05) is 29.8 Å². The summed E-state index contributed by atoms with van der Waals surface area (Å²) in [5, 5.41) is 0. The molecule has 112 valence electrons. The Bertz CT molecular complexity index is 435. The smallest absolute Gasteiger partial charge is 0.0631 e. The summed E-state index contributed by atoms with van der Waals surface area (Å²) < 4.78 is 6.14. The van der Waals surface area contributed by atoms with Crippen molar-refractivity contribution in [2.24, 2.45) is 0 Å². The van der Waals surface area contributed by atoms with E-state index in [4.69, 9.17) is 27.9 Å². The highest BCUT2D eigenvalue weighted by Gasteiger charge is 2.39. The highest BCUT2D eigenvalue weighted by atomic mass is 35.5. The van der Waals surface area contributed by atoms with E-state index in [1.165, 1.54) is 11.1 Å².